The lowest BCUT2D eigenvalue weighted by molar-refractivity contribution is -0.146. The molecule has 0 saturated heterocycles. The third-order valence-electron chi connectivity index (χ3n) is 11.9. The third-order valence-corrected chi connectivity index (χ3v) is 16.9. The van der Waals surface area contributed by atoms with Crippen molar-refractivity contribution in [3.63, 3.8) is 0 Å². The van der Waals surface area contributed by atoms with E-state index >= 15 is 0 Å². The van der Waals surface area contributed by atoms with Gasteiger partial charge in [0.15, 0.2) is 0 Å². The lowest BCUT2D eigenvalue weighted by atomic mass is 9.88. The van der Waals surface area contributed by atoms with E-state index in [9.17, 15) is 105 Å². The summed E-state index contributed by atoms with van der Waals surface area (Å²) in [6, 6.07) is 3.04. The summed E-state index contributed by atoms with van der Waals surface area (Å²) < 4.78 is 358. The van der Waals surface area contributed by atoms with Crippen LogP contribution in [0.5, 0.6) is 11.5 Å². The van der Waals surface area contributed by atoms with Gasteiger partial charge in [-0.15, -0.1) is 0 Å². The fourth-order valence-electron chi connectivity index (χ4n) is 8.82. The van der Waals surface area contributed by atoms with Crippen LogP contribution in [0.15, 0.2) is 84.9 Å². The van der Waals surface area contributed by atoms with Crippen LogP contribution in [0.4, 0.5) is 105 Å². The molecule has 0 spiro atoms. The first kappa shape index (κ1) is 59.1. The van der Waals surface area contributed by atoms with Crippen molar-refractivity contribution < 1.29 is 115 Å². The van der Waals surface area contributed by atoms with E-state index in [0.29, 0.717) is 14.2 Å². The monoisotopic (exact) mass is 1150 g/mol. The van der Waals surface area contributed by atoms with Crippen LogP contribution in [0.1, 0.15) is 75.3 Å². The Kier molecular flexibility index (Phi) is 16.0. The fraction of sp³-hybridized carbons (Fsp3) is 0.348. The topological polar surface area (TPSA) is 44.5 Å². The van der Waals surface area contributed by atoms with Gasteiger partial charge in [0.2, 0.25) is 0 Å². The van der Waals surface area contributed by atoms with Crippen LogP contribution >= 0.6 is 15.8 Å². The molecule has 75 heavy (non-hydrogen) atoms. The van der Waals surface area contributed by atoms with Gasteiger partial charge in [-0.3, -0.25) is 0 Å². The van der Waals surface area contributed by atoms with Gasteiger partial charge in [0.05, 0.1) is 58.7 Å². The highest BCUT2D eigenvalue weighted by atomic mass is 31.1. The van der Waals surface area contributed by atoms with Gasteiger partial charge in [0.1, 0.15) is 11.5 Å². The van der Waals surface area contributed by atoms with Crippen molar-refractivity contribution in [1.29, 1.82) is 0 Å². The Morgan fingerprint density at radius 2 is 0.747 bits per heavy atom. The van der Waals surface area contributed by atoms with E-state index in [1.165, 1.54) is 0 Å². The highest BCUT2D eigenvalue weighted by Gasteiger charge is 2.49. The Bertz CT molecular complexity index is 2600. The predicted octanol–water partition coefficient (Wildman–Crippen LogP) is 14.9. The average Bonchev–Trinajstić information content (AvgIpc) is 3.76. The Balaban J connectivity index is 1.72. The maximum absolute atomic E-state index is 14.8. The van der Waals surface area contributed by atoms with E-state index in [1.54, 1.807) is 0 Å². The third kappa shape index (κ3) is 12.7. The van der Waals surface area contributed by atoms with Gasteiger partial charge in [-0.25, -0.2) is 0 Å². The normalized spacial score (nSPS) is 17.0. The molecule has 0 aromatic heterocycles. The SMILES string of the molecule is COc1c(C(F)(F)F)cc(P(c2cc(C(F)(F)F)c(OC)c(C(F)(F)F)c2)c2ccccc2C2CCCC2[C@@H](N)P(c2cc(C(F)(F)F)cc(C(F)(F)F)c2)c2cc(C(F)(F)F)cc(C(F)(F)F)c2)cc1C(F)(F)F. The maximum Gasteiger partial charge on any atom is 0.420 e. The van der Waals surface area contributed by atoms with Crippen molar-refractivity contribution in [2.24, 2.45) is 11.7 Å². The molecule has 3 nitrogen and oxygen atoms in total. The number of hydrogen-bond acceptors (Lipinski definition) is 3. The number of alkyl halides is 24. The Labute approximate surface area is 409 Å². The molecule has 2 N–H and O–H groups in total. The number of ether oxygens (including phenoxy) is 2. The van der Waals surface area contributed by atoms with Crippen LogP contribution in [0, 0.1) is 5.92 Å². The number of nitrogens with two attached hydrogens (primary N) is 1. The Hall–Kier alpha value is -5.16. The molecule has 2 unspecified atom stereocenters. The average molecular weight is 1150 g/mol. The first-order valence-electron chi connectivity index (χ1n) is 20.8. The fourth-order valence-corrected chi connectivity index (χ4v) is 14.3. The predicted molar refractivity (Wildman–Crippen MR) is 225 cm³/mol. The molecule has 1 saturated carbocycles. The summed E-state index contributed by atoms with van der Waals surface area (Å²) in [4.78, 5) is 0. The van der Waals surface area contributed by atoms with E-state index in [1.807, 2.05) is 0 Å². The minimum atomic E-state index is -5.80. The molecule has 3 atom stereocenters. The first-order valence-corrected chi connectivity index (χ1v) is 23.6. The zero-order chi connectivity index (χ0) is 56.6. The summed E-state index contributed by atoms with van der Waals surface area (Å²) in [5, 5.41) is -5.49. The van der Waals surface area contributed by atoms with E-state index in [0.717, 1.165) is 24.3 Å². The van der Waals surface area contributed by atoms with Crippen LogP contribution in [-0.4, -0.2) is 20.0 Å². The number of methoxy groups -OCH3 is 2. The Morgan fingerprint density at radius 3 is 1.04 bits per heavy atom. The second-order valence-corrected chi connectivity index (χ2v) is 21.2. The molecule has 29 heteroatoms. The standard InChI is InChI=1S/C46H31F24NO2P2/c1-72-36-31(43(59,60)61)16-26(17-32(36)44(62,63)64)74(27-18-33(45(65,66)67)37(73-2)34(19-27)46(68,69)70)35-9-4-3-6-29(35)28-7-5-8-30(28)38(71)75(24-12-20(39(47,48)49)10-21(13-24)40(50,51)52)25-14-22(41(53,54)55)11-23(15-25)42(56,57)58/h3-4,6,9-19,28,30,38H,5,7-8,71H2,1-2H3/t28?,30?,38-/m0/s1. The van der Waals surface area contributed by atoms with Gasteiger partial charge >= 0.3 is 49.4 Å². The minimum absolute atomic E-state index is 0.00574. The molecule has 0 amide bonds. The van der Waals surface area contributed by atoms with Gasteiger partial charge in [0, 0.05) is 5.78 Å². The Morgan fingerprint density at radius 1 is 0.427 bits per heavy atom. The van der Waals surface area contributed by atoms with Crippen molar-refractivity contribution in [1.82, 2.24) is 0 Å². The molecular weight excluding hydrogens is 1120 g/mol. The zero-order valence-corrected chi connectivity index (χ0v) is 39.1. The summed E-state index contributed by atoms with van der Waals surface area (Å²) in [7, 11) is -6.39. The number of halogens is 24. The van der Waals surface area contributed by atoms with Crippen LogP contribution in [-0.2, 0) is 49.4 Å². The van der Waals surface area contributed by atoms with Gasteiger partial charge in [-0.05, 0) is 133 Å². The van der Waals surface area contributed by atoms with Crippen LogP contribution in [0.25, 0.3) is 0 Å². The van der Waals surface area contributed by atoms with E-state index in [2.05, 4.69) is 9.47 Å². The molecule has 0 heterocycles. The van der Waals surface area contributed by atoms with Crippen molar-refractivity contribution >= 4 is 42.4 Å². The molecule has 1 aliphatic carbocycles. The number of rotatable bonds is 10. The van der Waals surface area contributed by atoms with E-state index in [-0.39, 0.29) is 73.4 Å². The lowest BCUT2D eigenvalue weighted by Crippen LogP contribution is -2.38. The molecule has 0 radical (unpaired) electrons. The quantitative estimate of drug-likeness (QED) is 0.112. The number of benzene rings is 5. The summed E-state index contributed by atoms with van der Waals surface area (Å²) in [6.07, 6.45) is -46.8. The molecule has 6 rings (SSSR count). The van der Waals surface area contributed by atoms with E-state index < -0.39 is 178 Å². The molecule has 1 aliphatic rings. The molecule has 5 aromatic rings. The number of hydrogen-bond donors (Lipinski definition) is 1. The minimum Gasteiger partial charge on any atom is -0.495 e. The maximum atomic E-state index is 14.8. The van der Waals surface area contributed by atoms with Crippen LogP contribution in [0.2, 0.25) is 0 Å². The second-order valence-electron chi connectivity index (χ2n) is 16.6. The van der Waals surface area contributed by atoms with Crippen LogP contribution < -0.4 is 41.7 Å². The first-order chi connectivity index (χ1) is 34.1. The largest absolute Gasteiger partial charge is 0.495 e. The molecule has 0 bridgehead atoms. The summed E-state index contributed by atoms with van der Waals surface area (Å²) in [6.45, 7) is 0. The van der Waals surface area contributed by atoms with Gasteiger partial charge < -0.3 is 15.2 Å². The molecular formula is C46H31F24NO2P2. The highest BCUT2D eigenvalue weighted by Crippen LogP contribution is 2.55. The zero-order valence-electron chi connectivity index (χ0n) is 37.3. The molecule has 1 fully saturated rings. The summed E-state index contributed by atoms with van der Waals surface area (Å²) in [5.74, 6) is -9.00. The molecule has 410 valence electrons. The van der Waals surface area contributed by atoms with E-state index in [4.69, 9.17) is 5.73 Å². The highest BCUT2D eigenvalue weighted by molar-refractivity contribution is 7.80. The van der Waals surface area contributed by atoms with Gasteiger partial charge in [-0.2, -0.15) is 105 Å². The van der Waals surface area contributed by atoms with Crippen molar-refractivity contribution in [2.75, 3.05) is 14.2 Å². The van der Waals surface area contributed by atoms with Crippen LogP contribution in [0.3, 0.4) is 0 Å². The second kappa shape index (κ2) is 20.3. The van der Waals surface area contributed by atoms with Crippen molar-refractivity contribution in [3.8, 4) is 11.5 Å². The van der Waals surface area contributed by atoms with Gasteiger partial charge in [-0.1, -0.05) is 30.7 Å². The molecule has 0 aliphatic heterocycles. The summed E-state index contributed by atoms with van der Waals surface area (Å²) >= 11 is 0. The van der Waals surface area contributed by atoms with Gasteiger partial charge in [0.25, 0.3) is 0 Å². The van der Waals surface area contributed by atoms with Crippen molar-refractivity contribution in [2.45, 2.75) is 80.4 Å². The van der Waals surface area contributed by atoms with Crippen molar-refractivity contribution in [3.05, 3.63) is 135 Å². The lowest BCUT2D eigenvalue weighted by Gasteiger charge is -2.36. The summed E-state index contributed by atoms with van der Waals surface area (Å²) in [5.41, 5.74) is -11.0. The molecule has 5 aromatic carbocycles. The smallest absolute Gasteiger partial charge is 0.420 e.